The predicted molar refractivity (Wildman–Crippen MR) is 79.5 cm³/mol. The van der Waals surface area contributed by atoms with E-state index in [1.165, 1.54) is 13.2 Å². The molecule has 0 heterocycles. The summed E-state index contributed by atoms with van der Waals surface area (Å²) in [5.74, 6) is 0.286. The maximum Gasteiger partial charge on any atom is 0.387 e. The molecule has 1 atom stereocenters. The van der Waals surface area contributed by atoms with Gasteiger partial charge in [-0.3, -0.25) is 0 Å². The van der Waals surface area contributed by atoms with Crippen molar-refractivity contribution in [2.24, 2.45) is 0 Å². The Kier molecular flexibility index (Phi) is 5.58. The Morgan fingerprint density at radius 3 is 2.55 bits per heavy atom. The number of benzene rings is 1. The number of ether oxygens (including phenoxy) is 2. The van der Waals surface area contributed by atoms with Crippen molar-refractivity contribution in [1.82, 2.24) is 5.32 Å². The van der Waals surface area contributed by atoms with E-state index in [0.717, 1.165) is 31.2 Å². The van der Waals surface area contributed by atoms with E-state index in [4.69, 9.17) is 4.74 Å². The first-order chi connectivity index (χ1) is 10.4. The molecule has 124 valence electrons. The molecule has 22 heavy (non-hydrogen) atoms. The first kappa shape index (κ1) is 17.0. The maximum atomic E-state index is 12.3. The second-order valence-electron chi connectivity index (χ2n) is 5.82. The molecule has 6 heteroatoms. The van der Waals surface area contributed by atoms with E-state index in [-0.39, 0.29) is 17.5 Å². The molecule has 2 N–H and O–H groups in total. The predicted octanol–water partition coefficient (Wildman–Crippen LogP) is 3.25. The van der Waals surface area contributed by atoms with E-state index in [1.807, 2.05) is 6.92 Å². The van der Waals surface area contributed by atoms with Crippen LogP contribution in [0.1, 0.15) is 44.2 Å². The van der Waals surface area contributed by atoms with Crippen LogP contribution in [-0.2, 0) is 0 Å². The van der Waals surface area contributed by atoms with Crippen molar-refractivity contribution in [3.63, 3.8) is 0 Å². The van der Waals surface area contributed by atoms with E-state index >= 15 is 0 Å². The number of halogens is 2. The smallest absolute Gasteiger partial charge is 0.387 e. The fourth-order valence-electron chi connectivity index (χ4n) is 2.82. The number of hydrogen-bond acceptors (Lipinski definition) is 4. The van der Waals surface area contributed by atoms with Gasteiger partial charge in [-0.25, -0.2) is 0 Å². The highest BCUT2D eigenvalue weighted by Crippen LogP contribution is 2.32. The molecular formula is C16H23F2NO3. The molecule has 0 bridgehead atoms. The zero-order chi connectivity index (χ0) is 16.2. The van der Waals surface area contributed by atoms with Crippen LogP contribution in [0, 0.1) is 0 Å². The van der Waals surface area contributed by atoms with Crippen LogP contribution in [0.25, 0.3) is 0 Å². The van der Waals surface area contributed by atoms with E-state index in [0.29, 0.717) is 6.54 Å². The van der Waals surface area contributed by atoms with E-state index < -0.39 is 12.2 Å². The minimum absolute atomic E-state index is 0.0165. The fraction of sp³-hybridized carbons (Fsp3) is 0.625. The SMILES string of the molecule is COc1cc(C(C)NCC2(O)CCCC2)ccc1OC(F)F. The van der Waals surface area contributed by atoms with Gasteiger partial charge < -0.3 is 19.9 Å². The Hall–Kier alpha value is -1.40. The monoisotopic (exact) mass is 315 g/mol. The lowest BCUT2D eigenvalue weighted by molar-refractivity contribution is -0.0512. The largest absolute Gasteiger partial charge is 0.493 e. The standard InChI is InChI=1S/C16H23F2NO3/c1-11(19-10-16(20)7-3-4-8-16)12-5-6-13(22-15(17)18)14(9-12)21-2/h5-6,9,11,15,19-20H,3-4,7-8,10H2,1-2H3. The Balaban J connectivity index is 2.01. The highest BCUT2D eigenvalue weighted by atomic mass is 19.3. The molecule has 0 radical (unpaired) electrons. The molecule has 0 amide bonds. The average Bonchev–Trinajstić information content (AvgIpc) is 2.92. The van der Waals surface area contributed by atoms with Gasteiger partial charge in [0.2, 0.25) is 0 Å². The minimum atomic E-state index is -2.88. The number of rotatable bonds is 7. The minimum Gasteiger partial charge on any atom is -0.493 e. The molecular weight excluding hydrogens is 292 g/mol. The Morgan fingerprint density at radius 1 is 1.27 bits per heavy atom. The summed E-state index contributed by atoms with van der Waals surface area (Å²) in [6, 6.07) is 4.84. The van der Waals surface area contributed by atoms with Gasteiger partial charge in [0.25, 0.3) is 0 Å². The Bertz CT molecular complexity index is 490. The van der Waals surface area contributed by atoms with Crippen LogP contribution in [0.3, 0.4) is 0 Å². The zero-order valence-electron chi connectivity index (χ0n) is 12.9. The molecule has 1 fully saturated rings. The van der Waals surface area contributed by atoms with Gasteiger partial charge in [0, 0.05) is 12.6 Å². The van der Waals surface area contributed by atoms with Crippen molar-refractivity contribution >= 4 is 0 Å². The zero-order valence-corrected chi connectivity index (χ0v) is 12.9. The Morgan fingerprint density at radius 2 is 1.95 bits per heavy atom. The van der Waals surface area contributed by atoms with Gasteiger partial charge in [0.05, 0.1) is 12.7 Å². The second-order valence-corrected chi connectivity index (χ2v) is 5.82. The molecule has 0 aliphatic heterocycles. The van der Waals surface area contributed by atoms with Gasteiger partial charge in [0.1, 0.15) is 0 Å². The molecule has 1 aromatic carbocycles. The molecule has 2 rings (SSSR count). The van der Waals surface area contributed by atoms with Crippen LogP contribution in [0.2, 0.25) is 0 Å². The lowest BCUT2D eigenvalue weighted by Gasteiger charge is -2.25. The molecule has 0 aromatic heterocycles. The summed E-state index contributed by atoms with van der Waals surface area (Å²) in [6.45, 7) is -0.404. The maximum absolute atomic E-state index is 12.3. The lowest BCUT2D eigenvalue weighted by atomic mass is 10.0. The van der Waals surface area contributed by atoms with Crippen molar-refractivity contribution in [1.29, 1.82) is 0 Å². The van der Waals surface area contributed by atoms with Gasteiger partial charge in [-0.1, -0.05) is 18.9 Å². The summed E-state index contributed by atoms with van der Waals surface area (Å²) in [5.41, 5.74) is 0.261. The molecule has 1 aromatic rings. The lowest BCUT2D eigenvalue weighted by Crippen LogP contribution is -2.39. The molecule has 0 spiro atoms. The summed E-state index contributed by atoms with van der Waals surface area (Å²) >= 11 is 0. The number of hydrogen-bond donors (Lipinski definition) is 2. The third-order valence-corrected chi connectivity index (χ3v) is 4.18. The average molecular weight is 315 g/mol. The number of aliphatic hydroxyl groups is 1. The summed E-state index contributed by atoms with van der Waals surface area (Å²) in [5, 5.41) is 13.6. The molecule has 1 aliphatic rings. The van der Waals surface area contributed by atoms with Crippen LogP contribution in [0.4, 0.5) is 8.78 Å². The number of alkyl halides is 2. The van der Waals surface area contributed by atoms with Gasteiger partial charge in [-0.05, 0) is 37.5 Å². The topological polar surface area (TPSA) is 50.7 Å². The summed E-state index contributed by atoms with van der Waals surface area (Å²) < 4.78 is 34.1. The highest BCUT2D eigenvalue weighted by Gasteiger charge is 2.31. The van der Waals surface area contributed by atoms with E-state index in [1.54, 1.807) is 12.1 Å². The molecule has 4 nitrogen and oxygen atoms in total. The number of methoxy groups -OCH3 is 1. The summed E-state index contributed by atoms with van der Waals surface area (Å²) in [4.78, 5) is 0. The van der Waals surface area contributed by atoms with Crippen LogP contribution >= 0.6 is 0 Å². The third kappa shape index (κ3) is 4.30. The molecule has 1 aliphatic carbocycles. The Labute approximate surface area is 129 Å². The van der Waals surface area contributed by atoms with Crippen molar-refractivity contribution in [2.75, 3.05) is 13.7 Å². The van der Waals surface area contributed by atoms with Crippen molar-refractivity contribution in [3.05, 3.63) is 23.8 Å². The second kappa shape index (κ2) is 7.24. The summed E-state index contributed by atoms with van der Waals surface area (Å²) in [6.07, 6.45) is 3.74. The first-order valence-electron chi connectivity index (χ1n) is 7.52. The van der Waals surface area contributed by atoms with E-state index in [9.17, 15) is 13.9 Å². The van der Waals surface area contributed by atoms with E-state index in [2.05, 4.69) is 10.1 Å². The van der Waals surface area contributed by atoms with Crippen LogP contribution < -0.4 is 14.8 Å². The quantitative estimate of drug-likeness (QED) is 0.811. The molecule has 0 saturated heterocycles. The first-order valence-corrected chi connectivity index (χ1v) is 7.52. The van der Waals surface area contributed by atoms with Crippen molar-refractivity contribution < 1.29 is 23.4 Å². The normalized spacial score (nSPS) is 18.5. The van der Waals surface area contributed by atoms with Gasteiger partial charge in [-0.15, -0.1) is 0 Å². The van der Waals surface area contributed by atoms with Crippen molar-refractivity contribution in [3.8, 4) is 11.5 Å². The molecule has 1 unspecified atom stereocenters. The van der Waals surface area contributed by atoms with Crippen LogP contribution in [0.5, 0.6) is 11.5 Å². The third-order valence-electron chi connectivity index (χ3n) is 4.18. The highest BCUT2D eigenvalue weighted by molar-refractivity contribution is 5.43. The fourth-order valence-corrected chi connectivity index (χ4v) is 2.82. The van der Waals surface area contributed by atoms with Crippen LogP contribution in [0.15, 0.2) is 18.2 Å². The van der Waals surface area contributed by atoms with Crippen LogP contribution in [-0.4, -0.2) is 31.0 Å². The molecule has 1 saturated carbocycles. The number of nitrogens with one attached hydrogen (secondary N) is 1. The van der Waals surface area contributed by atoms with Crippen molar-refractivity contribution in [2.45, 2.75) is 50.9 Å². The van der Waals surface area contributed by atoms with Gasteiger partial charge in [-0.2, -0.15) is 8.78 Å². The van der Waals surface area contributed by atoms with Gasteiger partial charge >= 0.3 is 6.61 Å². The summed E-state index contributed by atoms with van der Waals surface area (Å²) in [7, 11) is 1.41. The van der Waals surface area contributed by atoms with Gasteiger partial charge in [0.15, 0.2) is 11.5 Å².